The van der Waals surface area contributed by atoms with Crippen LogP contribution in [0, 0.1) is 5.92 Å². The highest BCUT2D eigenvalue weighted by Crippen LogP contribution is 2.00. The molecule has 4 heteroatoms. The van der Waals surface area contributed by atoms with Crippen molar-refractivity contribution >= 4 is 15.9 Å². The minimum atomic E-state index is 0.0476. The Morgan fingerprint density at radius 2 is 2.25 bits per heavy atom. The summed E-state index contributed by atoms with van der Waals surface area (Å²) < 4.78 is 2.37. The molecule has 0 amide bonds. The van der Waals surface area contributed by atoms with Gasteiger partial charge in [-0.25, -0.2) is 0 Å². The van der Waals surface area contributed by atoms with Gasteiger partial charge in [0.05, 0.1) is 4.47 Å². The fourth-order valence-corrected chi connectivity index (χ4v) is 1.83. The van der Waals surface area contributed by atoms with E-state index < -0.39 is 0 Å². The zero-order valence-electron chi connectivity index (χ0n) is 9.87. The molecule has 0 unspecified atom stereocenters. The molecule has 1 aromatic rings. The maximum Gasteiger partial charge on any atom is 0.264 e. The smallest absolute Gasteiger partial charge is 0.264 e. The molecule has 0 aliphatic rings. The van der Waals surface area contributed by atoms with Crippen LogP contribution in [-0.4, -0.2) is 17.7 Å². The molecule has 0 radical (unpaired) electrons. The van der Waals surface area contributed by atoms with Crippen molar-refractivity contribution in [2.75, 3.05) is 13.1 Å². The normalized spacial score (nSPS) is 11.0. The van der Waals surface area contributed by atoms with Crippen LogP contribution in [0.4, 0.5) is 0 Å². The van der Waals surface area contributed by atoms with Gasteiger partial charge in [-0.05, 0) is 53.5 Å². The van der Waals surface area contributed by atoms with Crippen LogP contribution in [0.2, 0.25) is 0 Å². The van der Waals surface area contributed by atoms with E-state index in [-0.39, 0.29) is 5.56 Å². The van der Waals surface area contributed by atoms with Crippen LogP contribution in [0.1, 0.15) is 20.3 Å². The lowest BCUT2D eigenvalue weighted by molar-refractivity contribution is 0.517. The molecule has 0 aliphatic carbocycles. The van der Waals surface area contributed by atoms with Gasteiger partial charge in [0.1, 0.15) is 0 Å². The van der Waals surface area contributed by atoms with Gasteiger partial charge in [-0.2, -0.15) is 0 Å². The molecule has 1 N–H and O–H groups in total. The Balaban J connectivity index is 2.32. The maximum absolute atomic E-state index is 11.6. The topological polar surface area (TPSA) is 34.0 Å². The van der Waals surface area contributed by atoms with E-state index in [4.69, 9.17) is 0 Å². The van der Waals surface area contributed by atoms with Gasteiger partial charge in [0.25, 0.3) is 5.56 Å². The van der Waals surface area contributed by atoms with Crippen LogP contribution in [0.25, 0.3) is 0 Å². The zero-order chi connectivity index (χ0) is 12.0. The quantitative estimate of drug-likeness (QED) is 0.814. The van der Waals surface area contributed by atoms with Crippen molar-refractivity contribution in [1.82, 2.24) is 9.88 Å². The number of hydrogen-bond donors (Lipinski definition) is 1. The Morgan fingerprint density at radius 3 is 2.94 bits per heavy atom. The van der Waals surface area contributed by atoms with Crippen molar-refractivity contribution in [2.24, 2.45) is 5.92 Å². The maximum atomic E-state index is 11.6. The molecule has 0 saturated heterocycles. The van der Waals surface area contributed by atoms with E-state index in [9.17, 15) is 4.79 Å². The molecule has 1 aromatic heterocycles. The standard InChI is InChI=1S/C12H19BrN2O/c1-10(2)9-14-6-4-8-15-7-3-5-11(13)12(15)16/h3,5,7,10,14H,4,6,8-9H2,1-2H3. The largest absolute Gasteiger partial charge is 0.316 e. The molecule has 0 aromatic carbocycles. The number of aromatic nitrogens is 1. The molecule has 90 valence electrons. The first kappa shape index (κ1) is 13.5. The predicted octanol–water partition coefficient (Wildman–Crippen LogP) is 2.25. The number of nitrogens with one attached hydrogen (secondary N) is 1. The van der Waals surface area contributed by atoms with Crippen molar-refractivity contribution in [1.29, 1.82) is 0 Å². The average Bonchev–Trinajstić information content (AvgIpc) is 2.23. The SMILES string of the molecule is CC(C)CNCCCn1cccc(Br)c1=O. The lowest BCUT2D eigenvalue weighted by Crippen LogP contribution is -2.24. The van der Waals surface area contributed by atoms with Crippen molar-refractivity contribution in [3.63, 3.8) is 0 Å². The molecule has 16 heavy (non-hydrogen) atoms. The van der Waals surface area contributed by atoms with Crippen LogP contribution in [-0.2, 0) is 6.54 Å². The van der Waals surface area contributed by atoms with Crippen molar-refractivity contribution < 1.29 is 0 Å². The van der Waals surface area contributed by atoms with Crippen molar-refractivity contribution in [2.45, 2.75) is 26.8 Å². The first-order valence-corrected chi connectivity index (χ1v) is 6.46. The Morgan fingerprint density at radius 1 is 1.50 bits per heavy atom. The number of aryl methyl sites for hydroxylation is 1. The number of pyridine rings is 1. The van der Waals surface area contributed by atoms with Gasteiger partial charge in [0.2, 0.25) is 0 Å². The minimum absolute atomic E-state index is 0.0476. The molecule has 0 aliphatic heterocycles. The van der Waals surface area contributed by atoms with Crippen LogP contribution >= 0.6 is 15.9 Å². The summed E-state index contributed by atoms with van der Waals surface area (Å²) in [5.74, 6) is 0.675. The fraction of sp³-hybridized carbons (Fsp3) is 0.583. The summed E-state index contributed by atoms with van der Waals surface area (Å²) in [4.78, 5) is 11.6. The Labute approximate surface area is 105 Å². The second kappa shape index (κ2) is 6.86. The first-order valence-electron chi connectivity index (χ1n) is 5.67. The molecule has 0 atom stereocenters. The van der Waals surface area contributed by atoms with Gasteiger partial charge >= 0.3 is 0 Å². The van der Waals surface area contributed by atoms with Gasteiger partial charge in [0, 0.05) is 12.7 Å². The molecule has 0 saturated carbocycles. The molecule has 3 nitrogen and oxygen atoms in total. The summed E-state index contributed by atoms with van der Waals surface area (Å²) in [6.07, 6.45) is 2.80. The first-order chi connectivity index (χ1) is 7.61. The van der Waals surface area contributed by atoms with Crippen LogP contribution in [0.5, 0.6) is 0 Å². The zero-order valence-corrected chi connectivity index (χ0v) is 11.5. The highest BCUT2D eigenvalue weighted by Gasteiger charge is 1.99. The van der Waals surface area contributed by atoms with Gasteiger partial charge < -0.3 is 9.88 Å². The third kappa shape index (κ3) is 4.49. The van der Waals surface area contributed by atoms with E-state index in [1.807, 2.05) is 12.3 Å². The van der Waals surface area contributed by atoms with Crippen LogP contribution < -0.4 is 10.9 Å². The molecule has 1 heterocycles. The number of halogens is 1. The Bertz CT molecular complexity index is 374. The number of rotatable bonds is 6. The fourth-order valence-electron chi connectivity index (χ4n) is 1.45. The van der Waals surface area contributed by atoms with E-state index in [0.717, 1.165) is 26.1 Å². The van der Waals surface area contributed by atoms with Crippen LogP contribution in [0.15, 0.2) is 27.6 Å². The summed E-state index contributed by atoms with van der Waals surface area (Å²) in [5.41, 5.74) is 0.0476. The molecule has 0 spiro atoms. The van der Waals surface area contributed by atoms with E-state index in [1.54, 1.807) is 10.6 Å². The average molecular weight is 287 g/mol. The molecule has 0 fully saturated rings. The summed E-state index contributed by atoms with van der Waals surface area (Å²) in [7, 11) is 0. The van der Waals surface area contributed by atoms with E-state index in [2.05, 4.69) is 35.1 Å². The third-order valence-corrected chi connectivity index (χ3v) is 2.88. The predicted molar refractivity (Wildman–Crippen MR) is 70.7 cm³/mol. The molecule has 0 bridgehead atoms. The van der Waals surface area contributed by atoms with Gasteiger partial charge in [-0.15, -0.1) is 0 Å². The second-order valence-corrected chi connectivity index (χ2v) is 5.16. The second-order valence-electron chi connectivity index (χ2n) is 4.31. The summed E-state index contributed by atoms with van der Waals surface area (Å²) in [6.45, 7) is 7.13. The molecular weight excluding hydrogens is 268 g/mol. The van der Waals surface area contributed by atoms with E-state index >= 15 is 0 Å². The van der Waals surface area contributed by atoms with Crippen molar-refractivity contribution in [3.8, 4) is 0 Å². The Kier molecular flexibility index (Phi) is 5.77. The third-order valence-electron chi connectivity index (χ3n) is 2.28. The number of nitrogens with zero attached hydrogens (tertiary/aromatic N) is 1. The monoisotopic (exact) mass is 286 g/mol. The summed E-state index contributed by atoms with van der Waals surface area (Å²) >= 11 is 3.24. The Hall–Kier alpha value is -0.610. The van der Waals surface area contributed by atoms with Gasteiger partial charge in [-0.1, -0.05) is 13.8 Å². The highest BCUT2D eigenvalue weighted by molar-refractivity contribution is 9.10. The number of hydrogen-bond acceptors (Lipinski definition) is 2. The van der Waals surface area contributed by atoms with E-state index in [1.165, 1.54) is 0 Å². The van der Waals surface area contributed by atoms with Gasteiger partial charge in [-0.3, -0.25) is 4.79 Å². The van der Waals surface area contributed by atoms with Crippen molar-refractivity contribution in [3.05, 3.63) is 33.2 Å². The highest BCUT2D eigenvalue weighted by atomic mass is 79.9. The van der Waals surface area contributed by atoms with Crippen LogP contribution in [0.3, 0.4) is 0 Å². The van der Waals surface area contributed by atoms with Gasteiger partial charge in [0.15, 0.2) is 0 Å². The van der Waals surface area contributed by atoms with E-state index in [0.29, 0.717) is 10.4 Å². The molecular formula is C12H19BrN2O. The summed E-state index contributed by atoms with van der Waals surface area (Å²) in [5, 5.41) is 3.36. The lowest BCUT2D eigenvalue weighted by Gasteiger charge is -2.08. The molecule has 1 rings (SSSR count). The lowest BCUT2D eigenvalue weighted by atomic mass is 10.2. The summed E-state index contributed by atoms with van der Waals surface area (Å²) in [6, 6.07) is 3.66. The minimum Gasteiger partial charge on any atom is -0.316 e.